The number of nitrogen functional groups attached to an aromatic ring is 1. The molecule has 0 radical (unpaired) electrons. The zero-order valence-corrected chi connectivity index (χ0v) is 10.0. The Balaban J connectivity index is 2.05. The van der Waals surface area contributed by atoms with Gasteiger partial charge in [-0.2, -0.15) is 0 Å². The topological polar surface area (TPSA) is 61.0 Å². The van der Waals surface area contributed by atoms with Gasteiger partial charge in [0.25, 0.3) is 0 Å². The van der Waals surface area contributed by atoms with E-state index >= 15 is 0 Å². The summed E-state index contributed by atoms with van der Waals surface area (Å²) in [5, 5.41) is 0. The molecule has 82 valence electrons. The van der Waals surface area contributed by atoms with E-state index in [4.69, 9.17) is 10.5 Å². The maximum atomic E-state index is 5.55. The van der Waals surface area contributed by atoms with Gasteiger partial charge in [0, 0.05) is 6.20 Å². The minimum Gasteiger partial charge on any atom is -0.484 e. The van der Waals surface area contributed by atoms with Gasteiger partial charge in [-0.1, -0.05) is 12.1 Å². The molecule has 16 heavy (non-hydrogen) atoms. The number of ether oxygens (including phenoxy) is 1. The highest BCUT2D eigenvalue weighted by Gasteiger charge is 2.01. The largest absolute Gasteiger partial charge is 0.484 e. The summed E-state index contributed by atoms with van der Waals surface area (Å²) in [7, 11) is 0. The standard InChI is InChI=1S/C11H10BrN3O/c12-8-3-1-2-4-9(8)16-7-11-14-6-5-10(13)15-11/h1-6H,7H2,(H2,13,14,15). The Bertz CT molecular complexity index is 490. The Morgan fingerprint density at radius 3 is 2.81 bits per heavy atom. The summed E-state index contributed by atoms with van der Waals surface area (Å²) in [6.07, 6.45) is 1.61. The van der Waals surface area contributed by atoms with Crippen molar-refractivity contribution >= 4 is 21.7 Å². The minimum atomic E-state index is 0.299. The van der Waals surface area contributed by atoms with Crippen LogP contribution in [0.1, 0.15) is 5.82 Å². The van der Waals surface area contributed by atoms with Gasteiger partial charge in [0.15, 0.2) is 5.82 Å². The lowest BCUT2D eigenvalue weighted by Crippen LogP contribution is -2.03. The van der Waals surface area contributed by atoms with Gasteiger partial charge in [0.2, 0.25) is 0 Å². The summed E-state index contributed by atoms with van der Waals surface area (Å²) in [6, 6.07) is 9.25. The van der Waals surface area contributed by atoms with E-state index in [0.717, 1.165) is 10.2 Å². The van der Waals surface area contributed by atoms with Crippen molar-refractivity contribution < 1.29 is 4.74 Å². The van der Waals surface area contributed by atoms with Gasteiger partial charge in [-0.05, 0) is 34.1 Å². The van der Waals surface area contributed by atoms with Crippen molar-refractivity contribution in [2.45, 2.75) is 6.61 Å². The van der Waals surface area contributed by atoms with Crippen LogP contribution in [0.15, 0.2) is 41.0 Å². The van der Waals surface area contributed by atoms with Gasteiger partial charge in [-0.3, -0.25) is 0 Å². The molecule has 0 fully saturated rings. The molecular weight excluding hydrogens is 270 g/mol. The monoisotopic (exact) mass is 279 g/mol. The van der Waals surface area contributed by atoms with Gasteiger partial charge in [0.05, 0.1) is 4.47 Å². The lowest BCUT2D eigenvalue weighted by Gasteiger charge is -2.06. The zero-order valence-electron chi connectivity index (χ0n) is 8.43. The van der Waals surface area contributed by atoms with Crippen LogP contribution in [0.4, 0.5) is 5.82 Å². The fourth-order valence-electron chi connectivity index (χ4n) is 1.19. The summed E-state index contributed by atoms with van der Waals surface area (Å²) < 4.78 is 6.45. The highest BCUT2D eigenvalue weighted by Crippen LogP contribution is 2.24. The first-order chi connectivity index (χ1) is 7.75. The van der Waals surface area contributed by atoms with Crippen LogP contribution in [0.25, 0.3) is 0 Å². The first-order valence-electron chi connectivity index (χ1n) is 4.70. The third-order valence-electron chi connectivity index (χ3n) is 1.92. The molecule has 2 N–H and O–H groups in total. The summed E-state index contributed by atoms with van der Waals surface area (Å²) in [4.78, 5) is 8.10. The Hall–Kier alpha value is -1.62. The summed E-state index contributed by atoms with van der Waals surface area (Å²) in [6.45, 7) is 0.299. The van der Waals surface area contributed by atoms with Crippen molar-refractivity contribution in [3.63, 3.8) is 0 Å². The number of benzene rings is 1. The molecule has 4 nitrogen and oxygen atoms in total. The second kappa shape index (κ2) is 4.94. The van der Waals surface area contributed by atoms with Crippen molar-refractivity contribution in [3.05, 3.63) is 46.8 Å². The molecule has 0 aliphatic carbocycles. The Morgan fingerprint density at radius 2 is 2.06 bits per heavy atom. The molecule has 0 bridgehead atoms. The normalized spacial score (nSPS) is 10.1. The lowest BCUT2D eigenvalue weighted by atomic mass is 10.3. The van der Waals surface area contributed by atoms with Crippen LogP contribution in [0.2, 0.25) is 0 Å². The fourth-order valence-corrected chi connectivity index (χ4v) is 1.59. The second-order valence-corrected chi connectivity index (χ2v) is 3.97. The number of rotatable bonds is 3. The van der Waals surface area contributed by atoms with Crippen molar-refractivity contribution in [2.24, 2.45) is 0 Å². The average molecular weight is 280 g/mol. The van der Waals surface area contributed by atoms with Crippen molar-refractivity contribution in [3.8, 4) is 5.75 Å². The predicted octanol–water partition coefficient (Wildman–Crippen LogP) is 2.40. The van der Waals surface area contributed by atoms with Gasteiger partial charge < -0.3 is 10.5 Å². The molecule has 0 amide bonds. The first kappa shape index (κ1) is 10.9. The maximum absolute atomic E-state index is 5.55. The molecule has 1 aromatic carbocycles. The van der Waals surface area contributed by atoms with Crippen molar-refractivity contribution in [2.75, 3.05) is 5.73 Å². The van der Waals surface area contributed by atoms with Crippen molar-refractivity contribution in [1.82, 2.24) is 9.97 Å². The molecule has 0 aliphatic rings. The first-order valence-corrected chi connectivity index (χ1v) is 5.50. The molecule has 5 heteroatoms. The van der Waals surface area contributed by atoms with E-state index in [2.05, 4.69) is 25.9 Å². The van der Waals surface area contributed by atoms with Crippen LogP contribution in [-0.4, -0.2) is 9.97 Å². The van der Waals surface area contributed by atoms with E-state index in [0.29, 0.717) is 18.2 Å². The summed E-state index contributed by atoms with van der Waals surface area (Å²) >= 11 is 3.39. The van der Waals surface area contributed by atoms with Crippen LogP contribution >= 0.6 is 15.9 Å². The lowest BCUT2D eigenvalue weighted by molar-refractivity contribution is 0.294. The van der Waals surface area contributed by atoms with E-state index in [1.54, 1.807) is 12.3 Å². The second-order valence-electron chi connectivity index (χ2n) is 3.12. The highest BCUT2D eigenvalue weighted by atomic mass is 79.9. The highest BCUT2D eigenvalue weighted by molar-refractivity contribution is 9.10. The quantitative estimate of drug-likeness (QED) is 0.937. The van der Waals surface area contributed by atoms with Crippen LogP contribution in [0.5, 0.6) is 5.75 Å². The molecule has 1 heterocycles. The van der Waals surface area contributed by atoms with E-state index in [1.165, 1.54) is 0 Å². The number of nitrogens with zero attached hydrogens (tertiary/aromatic N) is 2. The molecule has 2 aromatic rings. The molecule has 2 rings (SSSR count). The number of aromatic nitrogens is 2. The van der Waals surface area contributed by atoms with E-state index in [9.17, 15) is 0 Å². The number of anilines is 1. The number of halogens is 1. The van der Waals surface area contributed by atoms with Gasteiger partial charge in [-0.15, -0.1) is 0 Å². The molecule has 1 aromatic heterocycles. The molecular formula is C11H10BrN3O. The van der Waals surface area contributed by atoms with Gasteiger partial charge >= 0.3 is 0 Å². The third kappa shape index (κ3) is 2.70. The SMILES string of the molecule is Nc1ccnc(COc2ccccc2Br)n1. The zero-order chi connectivity index (χ0) is 11.4. The van der Waals surface area contributed by atoms with Crippen LogP contribution in [0, 0.1) is 0 Å². The molecule has 0 spiro atoms. The van der Waals surface area contributed by atoms with Crippen molar-refractivity contribution in [1.29, 1.82) is 0 Å². The third-order valence-corrected chi connectivity index (χ3v) is 2.58. The maximum Gasteiger partial charge on any atom is 0.168 e. The minimum absolute atomic E-state index is 0.299. The number of hydrogen-bond donors (Lipinski definition) is 1. The number of hydrogen-bond acceptors (Lipinski definition) is 4. The molecule has 0 saturated heterocycles. The van der Waals surface area contributed by atoms with E-state index < -0.39 is 0 Å². The molecule has 0 aliphatic heterocycles. The van der Waals surface area contributed by atoms with Crippen LogP contribution in [-0.2, 0) is 6.61 Å². The Kier molecular flexibility index (Phi) is 3.36. The number of para-hydroxylation sites is 1. The fraction of sp³-hybridized carbons (Fsp3) is 0.0909. The average Bonchev–Trinajstić information content (AvgIpc) is 2.28. The van der Waals surface area contributed by atoms with E-state index in [1.807, 2.05) is 24.3 Å². The Morgan fingerprint density at radius 1 is 1.25 bits per heavy atom. The molecule has 0 unspecified atom stereocenters. The Labute approximate surface area is 102 Å². The van der Waals surface area contributed by atoms with Gasteiger partial charge in [-0.25, -0.2) is 9.97 Å². The predicted molar refractivity (Wildman–Crippen MR) is 64.9 cm³/mol. The smallest absolute Gasteiger partial charge is 0.168 e. The molecule has 0 saturated carbocycles. The van der Waals surface area contributed by atoms with Crippen LogP contribution < -0.4 is 10.5 Å². The summed E-state index contributed by atoms with van der Waals surface area (Å²) in [5.74, 6) is 1.77. The molecule has 0 atom stereocenters. The van der Waals surface area contributed by atoms with E-state index in [-0.39, 0.29) is 0 Å². The number of nitrogens with two attached hydrogens (primary N) is 1. The van der Waals surface area contributed by atoms with Crippen LogP contribution in [0.3, 0.4) is 0 Å². The summed E-state index contributed by atoms with van der Waals surface area (Å²) in [5.41, 5.74) is 5.54. The van der Waals surface area contributed by atoms with Gasteiger partial charge in [0.1, 0.15) is 18.2 Å².